The predicted molar refractivity (Wildman–Crippen MR) is 211 cm³/mol. The summed E-state index contributed by atoms with van der Waals surface area (Å²) in [6.07, 6.45) is 18.6. The summed E-state index contributed by atoms with van der Waals surface area (Å²) >= 11 is 0. The fraction of sp³-hybridized carbons (Fsp3) is 0.867. The molecule has 6 aliphatic rings. The Morgan fingerprint density at radius 1 is 0.885 bits per heavy atom. The van der Waals surface area contributed by atoms with E-state index in [9.17, 15) is 9.59 Å². The van der Waals surface area contributed by atoms with E-state index in [4.69, 9.17) is 16.9 Å². The average molecular weight is 719 g/mol. The maximum absolute atomic E-state index is 14.6. The molecule has 0 aromatic heterocycles. The summed E-state index contributed by atoms with van der Waals surface area (Å²) in [6, 6.07) is 0. The van der Waals surface area contributed by atoms with Crippen LogP contribution in [-0.2, 0) is 14.3 Å². The third kappa shape index (κ3) is 6.51. The van der Waals surface area contributed by atoms with Crippen molar-refractivity contribution in [3.63, 3.8) is 0 Å². The number of nitrogens with two attached hydrogens (primary N) is 1. The number of hydrogen-bond acceptors (Lipinski definition) is 6. The first-order chi connectivity index (χ1) is 24.6. The van der Waals surface area contributed by atoms with Crippen molar-refractivity contribution >= 4 is 11.9 Å². The molecule has 7 nitrogen and oxygen atoms in total. The first kappa shape index (κ1) is 39.8. The van der Waals surface area contributed by atoms with Gasteiger partial charge in [0.25, 0.3) is 0 Å². The van der Waals surface area contributed by atoms with Crippen LogP contribution in [0.15, 0.2) is 12.2 Å². The summed E-state index contributed by atoms with van der Waals surface area (Å²) in [5.41, 5.74) is 7.02. The van der Waals surface area contributed by atoms with Gasteiger partial charge in [0.05, 0.1) is 5.41 Å². The second kappa shape index (κ2) is 15.0. The van der Waals surface area contributed by atoms with Crippen LogP contribution in [0.1, 0.15) is 126 Å². The van der Waals surface area contributed by atoms with Gasteiger partial charge in [-0.2, -0.15) is 0 Å². The van der Waals surface area contributed by atoms with Gasteiger partial charge in [-0.15, -0.1) is 12.3 Å². The summed E-state index contributed by atoms with van der Waals surface area (Å²) in [7, 11) is 0. The zero-order valence-corrected chi connectivity index (χ0v) is 34.2. The van der Waals surface area contributed by atoms with E-state index < -0.39 is 0 Å². The molecule has 0 bridgehead atoms. The van der Waals surface area contributed by atoms with Gasteiger partial charge in [-0.3, -0.25) is 9.59 Å². The van der Waals surface area contributed by atoms with E-state index in [2.05, 4.69) is 69.2 Å². The SMILES string of the molecule is C#CC[C@@H]1C[C@]2(C)[C@H]3CC[C@@H]4[C@H]5C(C(=C)C)CC[C@]5(C(=O)NCCCN5CCN(CCCN)CC5)CC[C@@]4(C)[C@]3(C)CC[C@H]2C(C)(C)[C@H]1OC(C)=O. The van der Waals surface area contributed by atoms with E-state index in [1.807, 2.05) is 0 Å². The minimum Gasteiger partial charge on any atom is -0.462 e. The second-order valence-corrected chi connectivity index (χ2v) is 20.0. The van der Waals surface area contributed by atoms with Crippen molar-refractivity contribution in [3.8, 4) is 12.3 Å². The van der Waals surface area contributed by atoms with E-state index in [1.165, 1.54) is 24.8 Å². The van der Waals surface area contributed by atoms with Crippen LogP contribution >= 0.6 is 0 Å². The predicted octanol–water partition coefficient (Wildman–Crippen LogP) is 7.30. The lowest BCUT2D eigenvalue weighted by Gasteiger charge is -2.73. The number of fused-ring (bicyclic) bond motifs is 7. The van der Waals surface area contributed by atoms with Crippen LogP contribution in [0, 0.1) is 74.9 Å². The number of carbonyl (C=O) groups excluding carboxylic acids is 2. The molecule has 0 aromatic carbocycles. The van der Waals surface area contributed by atoms with Crippen LogP contribution in [0.2, 0.25) is 0 Å². The molecule has 1 unspecified atom stereocenters. The van der Waals surface area contributed by atoms with Crippen LogP contribution in [0.4, 0.5) is 0 Å². The van der Waals surface area contributed by atoms with Crippen molar-refractivity contribution in [2.45, 2.75) is 132 Å². The highest BCUT2D eigenvalue weighted by Crippen LogP contribution is 2.78. The molecule has 52 heavy (non-hydrogen) atoms. The van der Waals surface area contributed by atoms with Crippen molar-refractivity contribution in [2.24, 2.45) is 68.3 Å². The number of ether oxygens (including phenoxy) is 1. The van der Waals surface area contributed by atoms with Gasteiger partial charge in [-0.1, -0.05) is 46.8 Å². The van der Waals surface area contributed by atoms with E-state index in [0.717, 1.165) is 104 Å². The van der Waals surface area contributed by atoms with E-state index in [-0.39, 0.29) is 45.1 Å². The topological polar surface area (TPSA) is 87.9 Å². The van der Waals surface area contributed by atoms with Gasteiger partial charge in [-0.25, -0.2) is 0 Å². The molecule has 0 spiro atoms. The number of amides is 1. The fourth-order valence-corrected chi connectivity index (χ4v) is 14.9. The highest BCUT2D eigenvalue weighted by molar-refractivity contribution is 5.84. The molecule has 6 fully saturated rings. The molecule has 5 aliphatic carbocycles. The molecular weight excluding hydrogens is 645 g/mol. The molecule has 7 heteroatoms. The largest absolute Gasteiger partial charge is 0.462 e. The summed E-state index contributed by atoms with van der Waals surface area (Å²) < 4.78 is 6.14. The number of nitrogens with zero attached hydrogens (tertiary/aromatic N) is 2. The number of hydrogen-bond donors (Lipinski definition) is 2. The van der Waals surface area contributed by atoms with E-state index >= 15 is 0 Å². The first-order valence-corrected chi connectivity index (χ1v) is 21.3. The van der Waals surface area contributed by atoms with Crippen molar-refractivity contribution in [3.05, 3.63) is 12.2 Å². The quantitative estimate of drug-likeness (QED) is 0.101. The Balaban J connectivity index is 1.19. The van der Waals surface area contributed by atoms with Crippen molar-refractivity contribution in [1.82, 2.24) is 15.1 Å². The lowest BCUT2D eigenvalue weighted by molar-refractivity contribution is -0.258. The van der Waals surface area contributed by atoms with Gasteiger partial charge in [-0.05, 0) is 143 Å². The maximum Gasteiger partial charge on any atom is 0.302 e. The van der Waals surface area contributed by atoms with Crippen molar-refractivity contribution in [1.29, 1.82) is 0 Å². The number of piperazine rings is 1. The Morgan fingerprint density at radius 3 is 2.17 bits per heavy atom. The molecule has 292 valence electrons. The van der Waals surface area contributed by atoms with Crippen molar-refractivity contribution < 1.29 is 14.3 Å². The number of esters is 1. The van der Waals surface area contributed by atoms with E-state index in [1.54, 1.807) is 6.92 Å². The molecule has 5 saturated carbocycles. The minimum atomic E-state index is -0.283. The Labute approximate surface area is 317 Å². The molecule has 1 saturated heterocycles. The number of allylic oxidation sites excluding steroid dienone is 1. The molecule has 11 atom stereocenters. The lowest BCUT2D eigenvalue weighted by atomic mass is 9.31. The zero-order valence-electron chi connectivity index (χ0n) is 34.2. The van der Waals surface area contributed by atoms with Gasteiger partial charge < -0.3 is 25.6 Å². The third-order valence-corrected chi connectivity index (χ3v) is 17.3. The Morgan fingerprint density at radius 2 is 1.56 bits per heavy atom. The van der Waals surface area contributed by atoms with Crippen molar-refractivity contribution in [2.75, 3.05) is 52.4 Å². The summed E-state index contributed by atoms with van der Waals surface area (Å²) in [5.74, 6) is 5.63. The van der Waals surface area contributed by atoms with Gasteiger partial charge in [0.2, 0.25) is 5.91 Å². The van der Waals surface area contributed by atoms with Crippen LogP contribution in [0.3, 0.4) is 0 Å². The van der Waals surface area contributed by atoms with Gasteiger partial charge in [0.15, 0.2) is 0 Å². The number of carbonyl (C=O) groups is 2. The zero-order chi connectivity index (χ0) is 37.7. The minimum absolute atomic E-state index is 0.120. The first-order valence-electron chi connectivity index (χ1n) is 21.3. The average Bonchev–Trinajstić information content (AvgIpc) is 3.49. The molecular formula is C45H74N4O3. The summed E-state index contributed by atoms with van der Waals surface area (Å²) in [5, 5.41) is 3.54. The van der Waals surface area contributed by atoms with Crippen LogP contribution in [-0.4, -0.2) is 80.1 Å². The Kier molecular flexibility index (Phi) is 11.5. The normalized spacial score (nSPS) is 42.9. The maximum atomic E-state index is 14.6. The van der Waals surface area contributed by atoms with Gasteiger partial charge in [0.1, 0.15) is 6.10 Å². The molecule has 0 radical (unpaired) electrons. The standard InChI is InChI=1S/C45H74N4O3/c1-10-13-33-30-42(7)36(41(5,6)39(33)52-32(4)50)17-18-44(9)37(42)15-14-35-38-34(31(2)3)16-19-45(38,21-20-43(35,44)8)40(51)47-23-12-25-49-28-26-48(27-29-49)24-11-22-46/h1,33-39H,2,11-30,46H2,3-9H3,(H,47,51)/t33-,34?,35-,36+,37-,38-,39+,42+,43-,44-,45+/m1/s1. The van der Waals surface area contributed by atoms with Gasteiger partial charge >= 0.3 is 5.97 Å². The van der Waals surface area contributed by atoms with E-state index in [0.29, 0.717) is 41.9 Å². The highest BCUT2D eigenvalue weighted by Gasteiger charge is 2.72. The molecule has 3 N–H and O–H groups in total. The Bertz CT molecular complexity index is 1380. The monoisotopic (exact) mass is 719 g/mol. The number of terminal acetylenes is 1. The van der Waals surface area contributed by atoms with Gasteiger partial charge in [0, 0.05) is 57.4 Å². The van der Waals surface area contributed by atoms with Crippen LogP contribution in [0.25, 0.3) is 0 Å². The fourth-order valence-electron chi connectivity index (χ4n) is 14.9. The number of rotatable bonds is 11. The summed E-state index contributed by atoms with van der Waals surface area (Å²) in [4.78, 5) is 32.1. The third-order valence-electron chi connectivity index (χ3n) is 17.3. The van der Waals surface area contributed by atoms with Crippen LogP contribution in [0.5, 0.6) is 0 Å². The summed E-state index contributed by atoms with van der Waals surface area (Å²) in [6.45, 7) is 29.1. The molecule has 1 heterocycles. The highest BCUT2D eigenvalue weighted by atomic mass is 16.5. The molecule has 1 aliphatic heterocycles. The number of nitrogens with one attached hydrogen (secondary N) is 1. The molecule has 6 rings (SSSR count). The molecule has 1 amide bonds. The molecule has 0 aromatic rings. The second-order valence-electron chi connectivity index (χ2n) is 20.0. The Hall–Kier alpha value is -1.88. The lowest BCUT2D eigenvalue weighted by Crippen LogP contribution is -2.68. The van der Waals surface area contributed by atoms with Crippen LogP contribution < -0.4 is 11.1 Å². The smallest absolute Gasteiger partial charge is 0.302 e.